The SMILES string of the molecule is [Cl-].[Cl-].[Cl-].[Pd+2].[Rb+]. The molecule has 32 valence electrons. The van der Waals surface area contributed by atoms with E-state index < -0.39 is 0 Å². The monoisotopic (exact) mass is 296 g/mol. The number of rotatable bonds is 0. The molecule has 5 heteroatoms. The maximum absolute atomic E-state index is 0. The van der Waals surface area contributed by atoms with Gasteiger partial charge in [-0.1, -0.05) is 0 Å². The summed E-state index contributed by atoms with van der Waals surface area (Å²) in [5.74, 6) is 0. The third-order valence-electron chi connectivity index (χ3n) is 0. The second-order valence-electron chi connectivity index (χ2n) is 0. The molecule has 0 fully saturated rings. The van der Waals surface area contributed by atoms with Gasteiger partial charge in [-0.3, -0.25) is 0 Å². The van der Waals surface area contributed by atoms with Crippen LogP contribution in [0, 0.1) is 0 Å². The fraction of sp³-hybridized carbons (Fsp3) is 0. The van der Waals surface area contributed by atoms with Crippen LogP contribution in [0.4, 0.5) is 0 Å². The number of hydrogen-bond acceptors (Lipinski definition) is 0. The third-order valence-corrected chi connectivity index (χ3v) is 0. The van der Waals surface area contributed by atoms with Crippen molar-refractivity contribution in [1.29, 1.82) is 0 Å². The molecule has 0 rings (SSSR count). The second kappa shape index (κ2) is 26.5. The summed E-state index contributed by atoms with van der Waals surface area (Å²) >= 11 is 0. The Morgan fingerprint density at radius 3 is 0.600 bits per heavy atom. The van der Waals surface area contributed by atoms with E-state index in [1.54, 1.807) is 0 Å². The molecule has 0 saturated carbocycles. The van der Waals surface area contributed by atoms with Gasteiger partial charge in [0.25, 0.3) is 0 Å². The molecule has 0 aromatic heterocycles. The van der Waals surface area contributed by atoms with Crippen molar-refractivity contribution >= 4 is 0 Å². The Kier molecular flexibility index (Phi) is 213. The zero-order chi connectivity index (χ0) is 0. The minimum atomic E-state index is 0. The van der Waals surface area contributed by atoms with Crippen molar-refractivity contribution in [3.63, 3.8) is 0 Å². The van der Waals surface area contributed by atoms with Crippen molar-refractivity contribution in [3.8, 4) is 0 Å². The third kappa shape index (κ3) is 18.8. The van der Waals surface area contributed by atoms with Crippen molar-refractivity contribution in [2.45, 2.75) is 0 Å². The molecule has 0 aromatic carbocycles. The van der Waals surface area contributed by atoms with Crippen LogP contribution in [-0.2, 0) is 20.4 Å². The largest absolute Gasteiger partial charge is 2.00 e. The van der Waals surface area contributed by atoms with Crippen LogP contribution in [0.3, 0.4) is 0 Å². The fourth-order valence-electron chi connectivity index (χ4n) is 0. The number of hydrogen-bond donors (Lipinski definition) is 0. The minimum Gasteiger partial charge on any atom is -1.00 e. The summed E-state index contributed by atoms with van der Waals surface area (Å²) in [5, 5.41) is 0. The summed E-state index contributed by atoms with van der Waals surface area (Å²) in [4.78, 5) is 0. The molecule has 0 aliphatic carbocycles. The zero-order valence-corrected chi connectivity index (χ0v) is 11.2. The van der Waals surface area contributed by atoms with E-state index in [2.05, 4.69) is 0 Å². The van der Waals surface area contributed by atoms with Gasteiger partial charge in [-0.2, -0.15) is 0 Å². The maximum atomic E-state index is 0. The van der Waals surface area contributed by atoms with Crippen LogP contribution in [0.5, 0.6) is 0 Å². The molecule has 0 nitrogen and oxygen atoms in total. The molecule has 5 heavy (non-hydrogen) atoms. The summed E-state index contributed by atoms with van der Waals surface area (Å²) < 4.78 is 0. The summed E-state index contributed by atoms with van der Waals surface area (Å²) in [7, 11) is 0. The Morgan fingerprint density at radius 1 is 0.600 bits per heavy atom. The fourth-order valence-corrected chi connectivity index (χ4v) is 0. The van der Waals surface area contributed by atoms with Crippen LogP contribution in [-0.4, -0.2) is 0 Å². The summed E-state index contributed by atoms with van der Waals surface area (Å²) in [6, 6.07) is 0. The maximum Gasteiger partial charge on any atom is 2.00 e. The second-order valence-corrected chi connectivity index (χ2v) is 0. The van der Waals surface area contributed by atoms with E-state index in [4.69, 9.17) is 0 Å². The van der Waals surface area contributed by atoms with E-state index >= 15 is 0 Å². The summed E-state index contributed by atoms with van der Waals surface area (Å²) in [6.07, 6.45) is 0. The smallest absolute Gasteiger partial charge is 1.00 e. The van der Waals surface area contributed by atoms with Gasteiger partial charge in [0.15, 0.2) is 0 Å². The summed E-state index contributed by atoms with van der Waals surface area (Å²) in [5.41, 5.74) is 0. The first kappa shape index (κ1) is 40.3. The molecule has 0 spiro atoms. The van der Waals surface area contributed by atoms with Crippen molar-refractivity contribution in [3.05, 3.63) is 0 Å². The van der Waals surface area contributed by atoms with Crippen molar-refractivity contribution in [2.75, 3.05) is 0 Å². The van der Waals surface area contributed by atoms with E-state index in [1.807, 2.05) is 0 Å². The van der Waals surface area contributed by atoms with Gasteiger partial charge in [-0.15, -0.1) is 0 Å². The zero-order valence-electron chi connectivity index (χ0n) is 2.45. The molecule has 0 unspecified atom stereocenters. The van der Waals surface area contributed by atoms with Gasteiger partial charge < -0.3 is 37.2 Å². The molecule has 0 aromatic rings. The van der Waals surface area contributed by atoms with Crippen LogP contribution in [0.1, 0.15) is 0 Å². The Morgan fingerprint density at radius 2 is 0.600 bits per heavy atom. The Balaban J connectivity index is 0. The molecule has 0 aliphatic rings. The molecule has 0 N–H and O–H groups in total. The topological polar surface area (TPSA) is 0 Å². The molecule has 0 aliphatic heterocycles. The molecule has 0 heterocycles. The molecule has 0 bridgehead atoms. The van der Waals surface area contributed by atoms with Crippen molar-refractivity contribution in [1.82, 2.24) is 0 Å². The molecule has 0 radical (unpaired) electrons. The van der Waals surface area contributed by atoms with Gasteiger partial charge in [0.05, 0.1) is 0 Å². The first-order valence-corrected chi connectivity index (χ1v) is 0. The quantitative estimate of drug-likeness (QED) is 0.390. The normalized spacial score (nSPS) is 0. The Bertz CT molecular complexity index is 6.85. The van der Waals surface area contributed by atoms with Crippen LogP contribution in [0.15, 0.2) is 0 Å². The van der Waals surface area contributed by atoms with Crippen molar-refractivity contribution < 1.29 is 116 Å². The van der Waals surface area contributed by atoms with Crippen LogP contribution in [0.2, 0.25) is 0 Å². The van der Waals surface area contributed by atoms with Crippen LogP contribution >= 0.6 is 0 Å². The van der Waals surface area contributed by atoms with Crippen LogP contribution < -0.4 is 95.4 Å². The van der Waals surface area contributed by atoms with Gasteiger partial charge >= 0.3 is 78.6 Å². The molecular weight excluding hydrogens is 298 g/mol. The standard InChI is InChI=1S/3ClH.Pd.Rb/h3*1H;;/q;;;+2;+1/p-3. The first-order valence-electron chi connectivity index (χ1n) is 0. The van der Waals surface area contributed by atoms with E-state index in [0.29, 0.717) is 0 Å². The van der Waals surface area contributed by atoms with E-state index in [-0.39, 0.29) is 116 Å². The van der Waals surface area contributed by atoms with Gasteiger partial charge in [0.2, 0.25) is 0 Å². The van der Waals surface area contributed by atoms with Gasteiger partial charge in [0, 0.05) is 0 Å². The van der Waals surface area contributed by atoms with E-state index in [9.17, 15) is 0 Å². The average Bonchev–Trinajstić information content (AvgIpc) is 0. The minimum absolute atomic E-state index is 0. The predicted octanol–water partition coefficient (Wildman–Crippen LogP) is -12.0. The molecule has 0 amide bonds. The Hall–Kier alpha value is 3.34. The van der Waals surface area contributed by atoms with E-state index in [0.717, 1.165) is 0 Å². The van der Waals surface area contributed by atoms with Crippen molar-refractivity contribution in [2.24, 2.45) is 0 Å². The average molecular weight is 298 g/mol. The van der Waals surface area contributed by atoms with Gasteiger partial charge in [0.1, 0.15) is 0 Å². The molecule has 0 atom stereocenters. The molecular formula is Cl3PdRb. The van der Waals surface area contributed by atoms with Crippen LogP contribution in [0.25, 0.3) is 0 Å². The first-order chi connectivity index (χ1) is 0. The summed E-state index contributed by atoms with van der Waals surface area (Å²) in [6.45, 7) is 0. The van der Waals surface area contributed by atoms with E-state index in [1.165, 1.54) is 0 Å². The Labute approximate surface area is 113 Å². The predicted molar refractivity (Wildman–Crippen MR) is 0 cm³/mol. The number of halogens is 3. The van der Waals surface area contributed by atoms with Gasteiger partial charge in [-0.05, 0) is 0 Å². The molecule has 0 saturated heterocycles. The van der Waals surface area contributed by atoms with Gasteiger partial charge in [-0.25, -0.2) is 0 Å².